The van der Waals surface area contributed by atoms with Crippen LogP contribution < -0.4 is 0 Å². The molecule has 0 radical (unpaired) electrons. The van der Waals surface area contributed by atoms with Gasteiger partial charge in [0.05, 0.1) is 17.0 Å². The maximum absolute atomic E-state index is 13.1. The van der Waals surface area contributed by atoms with Crippen LogP contribution in [0.5, 0.6) is 0 Å². The lowest BCUT2D eigenvalue weighted by Crippen LogP contribution is -2.21. The van der Waals surface area contributed by atoms with Gasteiger partial charge in [-0.2, -0.15) is 13.2 Å². The molecule has 32 heavy (non-hydrogen) atoms. The normalized spacial score (nSPS) is 12.0. The molecule has 2 N–H and O–H groups in total. The first-order chi connectivity index (χ1) is 14.9. The van der Waals surface area contributed by atoms with Gasteiger partial charge >= 0.3 is 12.1 Å². The molecule has 0 aliphatic rings. The summed E-state index contributed by atoms with van der Waals surface area (Å²) in [7, 11) is -1.72. The summed E-state index contributed by atoms with van der Waals surface area (Å²) >= 11 is 0. The number of aromatic nitrogens is 1. The van der Waals surface area contributed by atoms with Crippen molar-refractivity contribution < 1.29 is 36.6 Å². The first kappa shape index (κ1) is 25.4. The van der Waals surface area contributed by atoms with Crippen molar-refractivity contribution in [2.24, 2.45) is 0 Å². The molecule has 0 saturated heterocycles. The summed E-state index contributed by atoms with van der Waals surface area (Å²) in [5.74, 6) is -2.76. The fraction of sp³-hybridized carbons (Fsp3) is 0.286. The molecule has 0 aliphatic heterocycles. The molecule has 0 bridgehead atoms. The van der Waals surface area contributed by atoms with Crippen LogP contribution in [0.1, 0.15) is 11.1 Å². The molecule has 2 aromatic carbocycles. The van der Waals surface area contributed by atoms with E-state index < -0.39 is 22.2 Å². The molecule has 11 heteroatoms. The zero-order valence-corrected chi connectivity index (χ0v) is 18.2. The third-order valence-corrected chi connectivity index (χ3v) is 6.43. The van der Waals surface area contributed by atoms with E-state index in [4.69, 9.17) is 15.0 Å². The van der Waals surface area contributed by atoms with Gasteiger partial charge in [0.15, 0.2) is 0 Å². The minimum atomic E-state index is -5.08. The van der Waals surface area contributed by atoms with Gasteiger partial charge in [0.1, 0.15) is 0 Å². The topological polar surface area (TPSA) is 99.8 Å². The number of alkyl halides is 3. The standard InChI is InChI=1S/C19H22N2O3S.C2HF3O2/c1-15-6-3-4-9-19(15)25(23,24)21-11-10-17-16(7-5-8-18(17)21)14-20(2)12-13-22;3-2(4,5)1(6)7/h3-11,22H,12-14H2,1-2H3;(H,6,7). The minimum absolute atomic E-state index is 0.0924. The van der Waals surface area contributed by atoms with Crippen LogP contribution in [0.25, 0.3) is 10.9 Å². The average molecular weight is 472 g/mol. The van der Waals surface area contributed by atoms with Crippen LogP contribution in [0.15, 0.2) is 59.6 Å². The Morgan fingerprint density at radius 2 is 1.72 bits per heavy atom. The van der Waals surface area contributed by atoms with E-state index in [9.17, 15) is 21.6 Å². The maximum atomic E-state index is 13.1. The molecule has 0 atom stereocenters. The van der Waals surface area contributed by atoms with E-state index in [1.807, 2.05) is 42.3 Å². The second kappa shape index (κ2) is 10.2. The van der Waals surface area contributed by atoms with Crippen molar-refractivity contribution >= 4 is 26.9 Å². The van der Waals surface area contributed by atoms with Gasteiger partial charge in [0.25, 0.3) is 10.0 Å². The van der Waals surface area contributed by atoms with Crippen molar-refractivity contribution in [3.63, 3.8) is 0 Å². The zero-order chi connectivity index (χ0) is 24.1. The van der Waals surface area contributed by atoms with Crippen LogP contribution in [0.3, 0.4) is 0 Å². The van der Waals surface area contributed by atoms with Crippen LogP contribution in [-0.2, 0) is 21.4 Å². The number of aliphatic hydroxyl groups is 1. The van der Waals surface area contributed by atoms with Crippen LogP contribution in [0, 0.1) is 6.92 Å². The molecule has 174 valence electrons. The Labute approximate surface area is 183 Å². The molecule has 3 rings (SSSR count). The summed E-state index contributed by atoms with van der Waals surface area (Å²) in [5, 5.41) is 17.1. The third kappa shape index (κ3) is 5.87. The highest BCUT2D eigenvalue weighted by molar-refractivity contribution is 7.90. The highest BCUT2D eigenvalue weighted by Crippen LogP contribution is 2.26. The Balaban J connectivity index is 0.000000451. The monoisotopic (exact) mass is 472 g/mol. The number of aryl methyl sites for hydroxylation is 1. The molecule has 1 aromatic heterocycles. The number of hydrogen-bond donors (Lipinski definition) is 2. The lowest BCUT2D eigenvalue weighted by Gasteiger charge is -2.16. The molecule has 7 nitrogen and oxygen atoms in total. The van der Waals surface area contributed by atoms with Gasteiger partial charge in [-0.25, -0.2) is 17.2 Å². The van der Waals surface area contributed by atoms with Gasteiger partial charge in [-0.15, -0.1) is 0 Å². The van der Waals surface area contributed by atoms with Crippen molar-refractivity contribution in [3.05, 3.63) is 65.9 Å². The fourth-order valence-corrected chi connectivity index (χ4v) is 4.62. The van der Waals surface area contributed by atoms with Crippen molar-refractivity contribution in [3.8, 4) is 0 Å². The molecule has 0 spiro atoms. The van der Waals surface area contributed by atoms with E-state index in [2.05, 4.69) is 0 Å². The van der Waals surface area contributed by atoms with Gasteiger partial charge in [-0.3, -0.25) is 4.90 Å². The van der Waals surface area contributed by atoms with Crippen molar-refractivity contribution in [1.82, 2.24) is 8.87 Å². The Bertz CT molecular complexity index is 1190. The average Bonchev–Trinajstić information content (AvgIpc) is 3.14. The van der Waals surface area contributed by atoms with Crippen LogP contribution >= 0.6 is 0 Å². The quantitative estimate of drug-likeness (QED) is 0.572. The van der Waals surface area contributed by atoms with Gasteiger partial charge in [0.2, 0.25) is 0 Å². The van der Waals surface area contributed by atoms with Gasteiger partial charge in [-0.1, -0.05) is 30.3 Å². The number of carboxylic acids is 1. The highest BCUT2D eigenvalue weighted by atomic mass is 32.2. The number of likely N-dealkylation sites (N-methyl/N-ethyl adjacent to an activating group) is 1. The van der Waals surface area contributed by atoms with E-state index >= 15 is 0 Å². The van der Waals surface area contributed by atoms with Gasteiger partial charge in [-0.05, 0) is 43.3 Å². The minimum Gasteiger partial charge on any atom is -0.475 e. The number of carbonyl (C=O) groups is 1. The summed E-state index contributed by atoms with van der Waals surface area (Å²) in [6.45, 7) is 3.11. The first-order valence-electron chi connectivity index (χ1n) is 9.39. The lowest BCUT2D eigenvalue weighted by atomic mass is 10.1. The van der Waals surface area contributed by atoms with E-state index in [0.29, 0.717) is 23.5 Å². The SMILES string of the molecule is Cc1ccccc1S(=O)(=O)n1ccc2c(CN(C)CCO)cccc21.O=C(O)C(F)(F)F. The fourth-order valence-electron chi connectivity index (χ4n) is 3.05. The predicted molar refractivity (Wildman–Crippen MR) is 113 cm³/mol. The lowest BCUT2D eigenvalue weighted by molar-refractivity contribution is -0.192. The smallest absolute Gasteiger partial charge is 0.475 e. The molecule has 0 fully saturated rings. The number of aliphatic carboxylic acids is 1. The third-order valence-electron chi connectivity index (χ3n) is 4.58. The number of carboxylic acid groups (broad SMARTS) is 1. The van der Waals surface area contributed by atoms with Crippen LogP contribution in [0.2, 0.25) is 0 Å². The van der Waals surface area contributed by atoms with Crippen LogP contribution in [0.4, 0.5) is 13.2 Å². The number of fused-ring (bicyclic) bond motifs is 1. The van der Waals surface area contributed by atoms with E-state index in [1.54, 1.807) is 31.3 Å². The van der Waals surface area contributed by atoms with E-state index in [-0.39, 0.29) is 6.61 Å². The Hall–Kier alpha value is -2.89. The number of hydrogen-bond acceptors (Lipinski definition) is 5. The molecule has 0 unspecified atom stereocenters. The number of rotatable bonds is 6. The molecule has 0 amide bonds. The highest BCUT2D eigenvalue weighted by Gasteiger charge is 2.38. The summed E-state index contributed by atoms with van der Waals surface area (Å²) in [6.07, 6.45) is -3.47. The number of halogens is 3. The molecular weight excluding hydrogens is 449 g/mol. The second-order valence-corrected chi connectivity index (χ2v) is 8.78. The van der Waals surface area contributed by atoms with Gasteiger partial charge in [0, 0.05) is 24.7 Å². The van der Waals surface area contributed by atoms with E-state index in [1.165, 1.54) is 3.97 Å². The molecule has 3 aromatic rings. The largest absolute Gasteiger partial charge is 0.490 e. The predicted octanol–water partition coefficient (Wildman–Crippen LogP) is 3.24. The Kier molecular flexibility index (Phi) is 8.05. The molecular formula is C21H23F3N2O5S. The molecule has 1 heterocycles. The summed E-state index contributed by atoms with van der Waals surface area (Å²) in [6, 6.07) is 14.5. The summed E-state index contributed by atoms with van der Waals surface area (Å²) in [4.78, 5) is 11.2. The first-order valence-corrected chi connectivity index (χ1v) is 10.8. The second-order valence-electron chi connectivity index (χ2n) is 7.00. The Morgan fingerprint density at radius 1 is 1.09 bits per heavy atom. The van der Waals surface area contributed by atoms with Gasteiger partial charge < -0.3 is 10.2 Å². The Morgan fingerprint density at radius 3 is 2.28 bits per heavy atom. The zero-order valence-electron chi connectivity index (χ0n) is 17.4. The van der Waals surface area contributed by atoms with E-state index in [0.717, 1.165) is 16.5 Å². The summed E-state index contributed by atoms with van der Waals surface area (Å²) < 4.78 is 59.3. The van der Waals surface area contributed by atoms with Crippen molar-refractivity contribution in [1.29, 1.82) is 0 Å². The number of nitrogens with zero attached hydrogens (tertiary/aromatic N) is 2. The summed E-state index contributed by atoms with van der Waals surface area (Å²) in [5.41, 5.74) is 2.42. The van der Waals surface area contributed by atoms with Crippen LogP contribution in [-0.4, -0.2) is 59.8 Å². The van der Waals surface area contributed by atoms with Crippen molar-refractivity contribution in [2.45, 2.75) is 24.5 Å². The van der Waals surface area contributed by atoms with Crippen molar-refractivity contribution in [2.75, 3.05) is 20.2 Å². The maximum Gasteiger partial charge on any atom is 0.490 e. The molecule has 0 aliphatic carbocycles. The number of aliphatic hydroxyl groups excluding tert-OH is 1. The number of benzene rings is 2. The molecule has 0 saturated carbocycles.